The molecule has 90 valence electrons. The van der Waals surface area contributed by atoms with Gasteiger partial charge in [0.2, 0.25) is 0 Å². The molecule has 17 heavy (non-hydrogen) atoms. The van der Waals surface area contributed by atoms with Gasteiger partial charge in [-0.1, -0.05) is 0 Å². The Hall–Kier alpha value is -1.35. The van der Waals surface area contributed by atoms with Crippen LogP contribution in [0.5, 0.6) is 5.75 Å². The van der Waals surface area contributed by atoms with Crippen molar-refractivity contribution in [3.63, 3.8) is 0 Å². The highest BCUT2D eigenvalue weighted by atomic mass is 16.5. The Morgan fingerprint density at radius 1 is 1.18 bits per heavy atom. The zero-order valence-electron chi connectivity index (χ0n) is 9.82. The van der Waals surface area contributed by atoms with Crippen LogP contribution in [-0.4, -0.2) is 24.5 Å². The van der Waals surface area contributed by atoms with E-state index in [1.54, 1.807) is 0 Å². The predicted octanol–water partition coefficient (Wildman–Crippen LogP) is 2.16. The van der Waals surface area contributed by atoms with Crippen molar-refractivity contribution in [1.82, 2.24) is 5.32 Å². The molecule has 0 atom stereocenters. The molecule has 1 N–H and O–H groups in total. The number of ketones is 1. The van der Waals surface area contributed by atoms with E-state index in [0.29, 0.717) is 18.7 Å². The third-order valence-corrected chi connectivity index (χ3v) is 3.13. The molecule has 0 aromatic heterocycles. The van der Waals surface area contributed by atoms with Gasteiger partial charge in [0, 0.05) is 11.6 Å². The van der Waals surface area contributed by atoms with E-state index in [1.165, 1.54) is 12.8 Å². The number of carbonyl (C=O) groups excluding carboxylic acids is 1. The van der Waals surface area contributed by atoms with Crippen LogP contribution in [0.3, 0.4) is 0 Å². The quantitative estimate of drug-likeness (QED) is 0.762. The second-order valence-electron chi connectivity index (χ2n) is 4.92. The molecule has 1 aromatic carbocycles. The SMILES string of the molecule is O=C(CNC1CC1)c1ccc(OC2CC2)cc1. The molecule has 2 fully saturated rings. The van der Waals surface area contributed by atoms with Gasteiger partial charge in [-0.25, -0.2) is 0 Å². The molecule has 0 bridgehead atoms. The lowest BCUT2D eigenvalue weighted by atomic mass is 10.1. The average Bonchev–Trinajstić information content (AvgIpc) is 3.22. The van der Waals surface area contributed by atoms with Crippen molar-refractivity contribution in [3.8, 4) is 5.75 Å². The molecule has 0 spiro atoms. The first kappa shape index (κ1) is 10.8. The molecule has 0 amide bonds. The molecule has 0 unspecified atom stereocenters. The predicted molar refractivity (Wildman–Crippen MR) is 65.4 cm³/mol. The summed E-state index contributed by atoms with van der Waals surface area (Å²) in [7, 11) is 0. The molecule has 3 nitrogen and oxygen atoms in total. The van der Waals surface area contributed by atoms with Crippen molar-refractivity contribution in [2.24, 2.45) is 0 Å². The van der Waals surface area contributed by atoms with E-state index in [9.17, 15) is 4.79 Å². The summed E-state index contributed by atoms with van der Waals surface area (Å²) in [5.74, 6) is 1.04. The number of hydrogen-bond donors (Lipinski definition) is 1. The number of Topliss-reactive ketones (excluding diaryl/α,β-unsaturated/α-hetero) is 1. The van der Waals surface area contributed by atoms with Crippen molar-refractivity contribution in [2.75, 3.05) is 6.54 Å². The van der Waals surface area contributed by atoms with Gasteiger partial charge in [-0.05, 0) is 49.9 Å². The number of ether oxygens (including phenoxy) is 1. The molecule has 1 aromatic rings. The Balaban J connectivity index is 1.55. The third kappa shape index (κ3) is 3.07. The molecular weight excluding hydrogens is 214 g/mol. The highest BCUT2D eigenvalue weighted by Crippen LogP contribution is 2.26. The van der Waals surface area contributed by atoms with Gasteiger partial charge in [0.15, 0.2) is 5.78 Å². The Labute approximate surface area is 101 Å². The normalized spacial score (nSPS) is 19.1. The largest absolute Gasteiger partial charge is 0.490 e. The van der Waals surface area contributed by atoms with Crippen molar-refractivity contribution in [3.05, 3.63) is 29.8 Å². The average molecular weight is 231 g/mol. The molecular formula is C14H17NO2. The number of nitrogens with one attached hydrogen (secondary N) is 1. The number of benzene rings is 1. The maximum atomic E-state index is 11.8. The fraction of sp³-hybridized carbons (Fsp3) is 0.500. The number of rotatable bonds is 6. The lowest BCUT2D eigenvalue weighted by Gasteiger charge is -2.06. The molecule has 2 aliphatic rings. The maximum Gasteiger partial charge on any atom is 0.176 e. The number of carbonyl (C=O) groups is 1. The summed E-state index contributed by atoms with van der Waals surface area (Å²) in [6.07, 6.45) is 5.15. The maximum absolute atomic E-state index is 11.8. The van der Waals surface area contributed by atoms with Crippen LogP contribution in [0, 0.1) is 0 Å². The van der Waals surface area contributed by atoms with Crippen LogP contribution < -0.4 is 10.1 Å². The van der Waals surface area contributed by atoms with E-state index >= 15 is 0 Å². The minimum Gasteiger partial charge on any atom is -0.490 e. The Morgan fingerprint density at radius 2 is 1.88 bits per heavy atom. The lowest BCUT2D eigenvalue weighted by molar-refractivity contribution is 0.0990. The zero-order valence-corrected chi connectivity index (χ0v) is 9.82. The van der Waals surface area contributed by atoms with Crippen molar-refractivity contribution in [2.45, 2.75) is 37.8 Å². The van der Waals surface area contributed by atoms with Crippen LogP contribution in [0.2, 0.25) is 0 Å². The third-order valence-electron chi connectivity index (χ3n) is 3.13. The van der Waals surface area contributed by atoms with E-state index < -0.39 is 0 Å². The first-order chi connectivity index (χ1) is 8.31. The van der Waals surface area contributed by atoms with Crippen LogP contribution >= 0.6 is 0 Å². The van der Waals surface area contributed by atoms with Gasteiger partial charge >= 0.3 is 0 Å². The zero-order chi connectivity index (χ0) is 11.7. The van der Waals surface area contributed by atoms with E-state index in [2.05, 4.69) is 5.32 Å². The second-order valence-corrected chi connectivity index (χ2v) is 4.92. The minimum atomic E-state index is 0.162. The summed E-state index contributed by atoms with van der Waals surface area (Å²) in [4.78, 5) is 11.8. The second kappa shape index (κ2) is 4.49. The Bertz CT molecular complexity index is 405. The van der Waals surface area contributed by atoms with Crippen LogP contribution in [0.15, 0.2) is 24.3 Å². The summed E-state index contributed by atoms with van der Waals surface area (Å²) in [5, 5.41) is 3.23. The van der Waals surface area contributed by atoms with Gasteiger partial charge < -0.3 is 10.1 Å². The molecule has 0 aliphatic heterocycles. The molecule has 0 radical (unpaired) electrons. The van der Waals surface area contributed by atoms with Crippen molar-refractivity contribution in [1.29, 1.82) is 0 Å². The first-order valence-electron chi connectivity index (χ1n) is 6.34. The summed E-state index contributed by atoms with van der Waals surface area (Å²) < 4.78 is 5.64. The highest BCUT2D eigenvalue weighted by molar-refractivity contribution is 5.97. The molecule has 3 heteroatoms. The van der Waals surface area contributed by atoms with Gasteiger partial charge in [0.25, 0.3) is 0 Å². The Kier molecular flexibility index (Phi) is 2.85. The van der Waals surface area contributed by atoms with Gasteiger partial charge in [0.05, 0.1) is 12.6 Å². The summed E-state index contributed by atoms with van der Waals surface area (Å²) >= 11 is 0. The summed E-state index contributed by atoms with van der Waals surface area (Å²) in [6.45, 7) is 0.452. The van der Waals surface area contributed by atoms with E-state index in [-0.39, 0.29) is 5.78 Å². The Morgan fingerprint density at radius 3 is 2.47 bits per heavy atom. The summed E-state index contributed by atoms with van der Waals surface area (Å²) in [6, 6.07) is 8.07. The summed E-state index contributed by atoms with van der Waals surface area (Å²) in [5.41, 5.74) is 0.765. The monoisotopic (exact) mass is 231 g/mol. The van der Waals surface area contributed by atoms with Gasteiger partial charge in [-0.3, -0.25) is 4.79 Å². The molecule has 0 heterocycles. The van der Waals surface area contributed by atoms with Crippen molar-refractivity contribution >= 4 is 5.78 Å². The van der Waals surface area contributed by atoms with Gasteiger partial charge in [-0.15, -0.1) is 0 Å². The van der Waals surface area contributed by atoms with Crippen LogP contribution in [0.4, 0.5) is 0 Å². The van der Waals surface area contributed by atoms with E-state index in [0.717, 1.165) is 24.2 Å². The fourth-order valence-electron chi connectivity index (χ4n) is 1.72. The van der Waals surface area contributed by atoms with E-state index in [1.807, 2.05) is 24.3 Å². The topological polar surface area (TPSA) is 38.3 Å². The van der Waals surface area contributed by atoms with Crippen LogP contribution in [-0.2, 0) is 0 Å². The minimum absolute atomic E-state index is 0.162. The molecule has 0 saturated heterocycles. The fourth-order valence-corrected chi connectivity index (χ4v) is 1.72. The smallest absolute Gasteiger partial charge is 0.176 e. The van der Waals surface area contributed by atoms with E-state index in [4.69, 9.17) is 4.74 Å². The van der Waals surface area contributed by atoms with Crippen LogP contribution in [0.1, 0.15) is 36.0 Å². The molecule has 3 rings (SSSR count). The first-order valence-corrected chi connectivity index (χ1v) is 6.34. The highest BCUT2D eigenvalue weighted by Gasteiger charge is 2.23. The molecule has 2 saturated carbocycles. The van der Waals surface area contributed by atoms with Crippen molar-refractivity contribution < 1.29 is 9.53 Å². The molecule has 2 aliphatic carbocycles. The standard InChI is InChI=1S/C14H17NO2/c16-14(9-15-11-3-4-11)10-1-5-12(6-2-10)17-13-7-8-13/h1-2,5-6,11,13,15H,3-4,7-9H2. The van der Waals surface area contributed by atoms with Gasteiger partial charge in [0.1, 0.15) is 5.75 Å². The van der Waals surface area contributed by atoms with Gasteiger partial charge in [-0.2, -0.15) is 0 Å². The number of hydrogen-bond acceptors (Lipinski definition) is 3. The van der Waals surface area contributed by atoms with Crippen LogP contribution in [0.25, 0.3) is 0 Å². The lowest BCUT2D eigenvalue weighted by Crippen LogP contribution is -2.24.